The quantitative estimate of drug-likeness (QED) is 0.445. The zero-order valence-electron chi connectivity index (χ0n) is 12.2. The molecule has 0 atom stereocenters. The van der Waals surface area contributed by atoms with Crippen molar-refractivity contribution in [3.8, 4) is 0 Å². The second-order valence-corrected chi connectivity index (χ2v) is 4.98. The van der Waals surface area contributed by atoms with Crippen LogP contribution in [0.15, 0.2) is 24.3 Å². The molecule has 19 heavy (non-hydrogen) atoms. The molecule has 0 aliphatic rings. The van der Waals surface area contributed by atoms with Crippen molar-refractivity contribution in [2.24, 2.45) is 5.41 Å². The van der Waals surface area contributed by atoms with Crippen molar-refractivity contribution >= 4 is 29.1 Å². The topological polar surface area (TPSA) is 78.2 Å². The average Bonchev–Trinajstić information content (AvgIpc) is 2.27. The van der Waals surface area contributed by atoms with Gasteiger partial charge in [-0.05, 0) is 31.5 Å². The molecule has 0 unspecified atom stereocenters. The van der Waals surface area contributed by atoms with Crippen molar-refractivity contribution in [2.75, 3.05) is 0 Å². The summed E-state index contributed by atoms with van der Waals surface area (Å²) < 4.78 is 0. The third kappa shape index (κ3) is 5.09. The maximum atomic E-state index is 11.9. The first-order chi connectivity index (χ1) is 8.25. The summed E-state index contributed by atoms with van der Waals surface area (Å²) >= 11 is 5.80. The molecule has 0 radical (unpaired) electrons. The van der Waals surface area contributed by atoms with Gasteiger partial charge in [-0.3, -0.25) is 9.59 Å². The number of carboxylic acids is 1. The van der Waals surface area contributed by atoms with Crippen LogP contribution in [0.1, 0.15) is 20.8 Å². The Morgan fingerprint density at radius 3 is 2.47 bits per heavy atom. The SMILES string of the molecule is CC(C)(C(=O)O)C(=O)C(=N)Cc1cccc(Cl)c1.[H-].[K+]. The van der Waals surface area contributed by atoms with Crippen LogP contribution < -0.4 is 51.4 Å². The molecule has 0 spiro atoms. The van der Waals surface area contributed by atoms with Crippen LogP contribution in [-0.4, -0.2) is 22.6 Å². The Morgan fingerprint density at radius 1 is 1.42 bits per heavy atom. The molecule has 4 nitrogen and oxygen atoms in total. The number of hydrogen-bond donors (Lipinski definition) is 2. The van der Waals surface area contributed by atoms with Gasteiger partial charge >= 0.3 is 57.4 Å². The summed E-state index contributed by atoms with van der Waals surface area (Å²) in [6.45, 7) is 2.59. The summed E-state index contributed by atoms with van der Waals surface area (Å²) in [5.74, 6) is -1.92. The third-order valence-electron chi connectivity index (χ3n) is 2.65. The Hall–Kier alpha value is -0.0436. The van der Waals surface area contributed by atoms with Crippen LogP contribution in [0.25, 0.3) is 0 Å². The molecule has 0 saturated carbocycles. The van der Waals surface area contributed by atoms with Gasteiger partial charge in [-0.15, -0.1) is 0 Å². The van der Waals surface area contributed by atoms with E-state index >= 15 is 0 Å². The summed E-state index contributed by atoms with van der Waals surface area (Å²) in [7, 11) is 0. The Labute approximate surface area is 160 Å². The van der Waals surface area contributed by atoms with Crippen molar-refractivity contribution in [2.45, 2.75) is 20.3 Å². The Morgan fingerprint density at radius 2 is 2.00 bits per heavy atom. The number of rotatable bonds is 5. The fraction of sp³-hybridized carbons (Fsp3) is 0.308. The largest absolute Gasteiger partial charge is 1.00 e. The maximum absolute atomic E-state index is 11.9. The average molecular weight is 308 g/mol. The molecule has 6 heteroatoms. The number of benzene rings is 1. The summed E-state index contributed by atoms with van der Waals surface area (Å²) in [4.78, 5) is 22.8. The summed E-state index contributed by atoms with van der Waals surface area (Å²) in [5, 5.41) is 17.1. The Balaban J connectivity index is 0. The molecule has 0 aliphatic carbocycles. The van der Waals surface area contributed by atoms with Gasteiger partial charge in [0.05, 0.1) is 5.71 Å². The van der Waals surface area contributed by atoms with Gasteiger partial charge in [0, 0.05) is 11.4 Å². The molecule has 0 aromatic heterocycles. The second kappa shape index (κ2) is 7.66. The molecule has 0 heterocycles. The Kier molecular flexibility index (Phi) is 7.65. The van der Waals surface area contributed by atoms with Crippen LogP contribution in [-0.2, 0) is 16.0 Å². The molecule has 0 saturated heterocycles. The van der Waals surface area contributed by atoms with Crippen molar-refractivity contribution in [3.05, 3.63) is 34.9 Å². The molecule has 1 aromatic rings. The minimum Gasteiger partial charge on any atom is -1.00 e. The van der Waals surface area contributed by atoms with Crippen molar-refractivity contribution < 1.29 is 67.5 Å². The van der Waals surface area contributed by atoms with Crippen LogP contribution in [0.4, 0.5) is 0 Å². The van der Waals surface area contributed by atoms with Gasteiger partial charge in [0.25, 0.3) is 0 Å². The van der Waals surface area contributed by atoms with Crippen LogP contribution >= 0.6 is 11.6 Å². The number of nitrogens with one attached hydrogen (secondary N) is 1. The van der Waals surface area contributed by atoms with E-state index in [2.05, 4.69) is 0 Å². The monoisotopic (exact) mass is 307 g/mol. The first-order valence-electron chi connectivity index (χ1n) is 5.35. The number of halogens is 1. The van der Waals surface area contributed by atoms with Crippen LogP contribution in [0.3, 0.4) is 0 Å². The molecule has 2 N–H and O–H groups in total. The summed E-state index contributed by atoms with van der Waals surface area (Å²) in [6.07, 6.45) is 0.0795. The third-order valence-corrected chi connectivity index (χ3v) is 2.88. The van der Waals surface area contributed by atoms with E-state index in [4.69, 9.17) is 22.1 Å². The predicted molar refractivity (Wildman–Crippen MR) is 70.4 cm³/mol. The molecule has 0 aliphatic heterocycles. The zero-order valence-corrected chi connectivity index (χ0v) is 15.0. The van der Waals surface area contributed by atoms with Gasteiger partial charge in [-0.25, -0.2) is 0 Å². The standard InChI is InChI=1S/C13H14ClNO3.K.H/c1-13(2,12(17)18)11(16)10(15)7-8-4-3-5-9(14)6-8;;/h3-6,15H,7H2,1-2H3,(H,17,18);;/q;+1;-1. The first-order valence-corrected chi connectivity index (χ1v) is 5.73. The molecule has 1 aromatic carbocycles. The molecule has 0 bridgehead atoms. The van der Waals surface area contributed by atoms with E-state index < -0.39 is 17.2 Å². The molecule has 0 amide bonds. The fourth-order valence-electron chi connectivity index (χ4n) is 1.41. The molecule has 1 rings (SSSR count). The normalized spacial score (nSPS) is 10.5. The van der Waals surface area contributed by atoms with E-state index in [0.717, 1.165) is 0 Å². The first kappa shape index (κ1) is 19.0. The smallest absolute Gasteiger partial charge is 1.00 e. The molecular formula is C13H15ClKNO3. The molecule has 0 fully saturated rings. The number of Topliss-reactive ketones (excluding diaryl/α,β-unsaturated/α-hetero) is 1. The fourth-order valence-corrected chi connectivity index (χ4v) is 1.62. The van der Waals surface area contributed by atoms with E-state index in [1.807, 2.05) is 0 Å². The van der Waals surface area contributed by atoms with Gasteiger partial charge in [0.2, 0.25) is 0 Å². The minimum atomic E-state index is -1.57. The molecule has 98 valence electrons. The van der Waals surface area contributed by atoms with E-state index in [9.17, 15) is 9.59 Å². The van der Waals surface area contributed by atoms with Crippen molar-refractivity contribution in [1.82, 2.24) is 0 Å². The van der Waals surface area contributed by atoms with Crippen molar-refractivity contribution in [3.63, 3.8) is 0 Å². The van der Waals surface area contributed by atoms with Crippen LogP contribution in [0, 0.1) is 10.8 Å². The summed E-state index contributed by atoms with van der Waals surface area (Å²) in [6, 6.07) is 6.80. The van der Waals surface area contributed by atoms with Crippen molar-refractivity contribution in [1.29, 1.82) is 5.41 Å². The van der Waals surface area contributed by atoms with Gasteiger partial charge in [-0.1, -0.05) is 23.7 Å². The van der Waals surface area contributed by atoms with E-state index in [1.165, 1.54) is 13.8 Å². The van der Waals surface area contributed by atoms with Crippen LogP contribution in [0.5, 0.6) is 0 Å². The van der Waals surface area contributed by atoms with Gasteiger partial charge in [0.1, 0.15) is 5.41 Å². The zero-order chi connectivity index (χ0) is 13.9. The number of carbonyl (C=O) groups excluding carboxylic acids is 1. The minimum absolute atomic E-state index is 0. The molecular weight excluding hydrogens is 293 g/mol. The summed E-state index contributed by atoms with van der Waals surface area (Å²) in [5.41, 5.74) is -1.10. The number of carbonyl (C=O) groups is 2. The van der Waals surface area contributed by atoms with Crippen LogP contribution in [0.2, 0.25) is 5.02 Å². The van der Waals surface area contributed by atoms with E-state index in [-0.39, 0.29) is 64.9 Å². The number of aliphatic carboxylic acids is 1. The second-order valence-electron chi connectivity index (χ2n) is 4.54. The maximum Gasteiger partial charge on any atom is 1.00 e. The van der Waals surface area contributed by atoms with Gasteiger partial charge in [0.15, 0.2) is 5.78 Å². The number of ketones is 1. The number of hydrogen-bond acceptors (Lipinski definition) is 3. The number of carboxylic acid groups (broad SMARTS) is 1. The van der Waals surface area contributed by atoms with E-state index in [1.54, 1.807) is 24.3 Å². The predicted octanol–water partition coefficient (Wildman–Crippen LogP) is -0.301. The van der Waals surface area contributed by atoms with Gasteiger partial charge in [-0.2, -0.15) is 0 Å². The van der Waals surface area contributed by atoms with E-state index in [0.29, 0.717) is 10.6 Å². The van der Waals surface area contributed by atoms with Gasteiger partial charge < -0.3 is 11.9 Å². The Bertz CT molecular complexity index is 520.